The number of benzene rings is 1. The summed E-state index contributed by atoms with van der Waals surface area (Å²) < 4.78 is 5.50. The van der Waals surface area contributed by atoms with Crippen molar-refractivity contribution in [3.05, 3.63) is 46.7 Å². The summed E-state index contributed by atoms with van der Waals surface area (Å²) in [6, 6.07) is 10.6. The van der Waals surface area contributed by atoms with Gasteiger partial charge >= 0.3 is 0 Å². The molecular formula is C20H24N4O2. The molecule has 0 bridgehead atoms. The number of amides is 1. The fraction of sp³-hybridized carbons (Fsp3) is 0.400. The van der Waals surface area contributed by atoms with E-state index in [0.29, 0.717) is 17.9 Å². The summed E-state index contributed by atoms with van der Waals surface area (Å²) in [4.78, 5) is 16.8. The molecule has 136 valence electrons. The van der Waals surface area contributed by atoms with E-state index in [4.69, 9.17) is 4.42 Å². The second-order valence-electron chi connectivity index (χ2n) is 6.75. The SMILES string of the molecule is Cc1cccc(N2CCN(CC(=O)Nc3oc(C)c(C)c3C#N)CC2)c1. The Kier molecular flexibility index (Phi) is 5.29. The normalized spacial score (nSPS) is 14.9. The summed E-state index contributed by atoms with van der Waals surface area (Å²) in [5, 5.41) is 12.0. The molecule has 1 fully saturated rings. The van der Waals surface area contributed by atoms with Gasteiger partial charge in [0.2, 0.25) is 11.8 Å². The van der Waals surface area contributed by atoms with Crippen molar-refractivity contribution in [2.24, 2.45) is 0 Å². The Bertz CT molecular complexity index is 842. The van der Waals surface area contributed by atoms with Crippen LogP contribution in [-0.2, 0) is 4.79 Å². The highest BCUT2D eigenvalue weighted by molar-refractivity contribution is 5.92. The van der Waals surface area contributed by atoms with Crippen LogP contribution in [0.4, 0.5) is 11.6 Å². The molecule has 0 atom stereocenters. The molecule has 6 heteroatoms. The zero-order valence-electron chi connectivity index (χ0n) is 15.5. The van der Waals surface area contributed by atoms with Crippen molar-refractivity contribution in [1.82, 2.24) is 4.90 Å². The molecule has 1 aliphatic rings. The van der Waals surface area contributed by atoms with Gasteiger partial charge in [-0.3, -0.25) is 15.0 Å². The maximum atomic E-state index is 12.3. The molecular weight excluding hydrogens is 328 g/mol. The topological polar surface area (TPSA) is 72.5 Å². The van der Waals surface area contributed by atoms with Crippen LogP contribution < -0.4 is 10.2 Å². The number of carbonyl (C=O) groups excluding carboxylic acids is 1. The lowest BCUT2D eigenvalue weighted by Crippen LogP contribution is -2.48. The van der Waals surface area contributed by atoms with Crippen molar-refractivity contribution in [3.63, 3.8) is 0 Å². The molecule has 1 saturated heterocycles. The van der Waals surface area contributed by atoms with Crippen molar-refractivity contribution in [2.75, 3.05) is 42.9 Å². The molecule has 1 aromatic heterocycles. The Morgan fingerprint density at radius 2 is 1.96 bits per heavy atom. The van der Waals surface area contributed by atoms with E-state index >= 15 is 0 Å². The minimum atomic E-state index is -0.153. The zero-order chi connectivity index (χ0) is 18.7. The molecule has 26 heavy (non-hydrogen) atoms. The highest BCUT2D eigenvalue weighted by Crippen LogP contribution is 2.25. The Balaban J connectivity index is 1.54. The van der Waals surface area contributed by atoms with Crippen LogP contribution in [0, 0.1) is 32.1 Å². The fourth-order valence-electron chi connectivity index (χ4n) is 3.21. The molecule has 6 nitrogen and oxygen atoms in total. The minimum Gasteiger partial charge on any atom is -0.444 e. The van der Waals surface area contributed by atoms with Crippen molar-refractivity contribution >= 4 is 17.5 Å². The monoisotopic (exact) mass is 352 g/mol. The number of furan rings is 1. The number of nitriles is 1. The number of nitrogens with zero attached hydrogens (tertiary/aromatic N) is 3. The predicted molar refractivity (Wildman–Crippen MR) is 101 cm³/mol. The van der Waals surface area contributed by atoms with Gasteiger partial charge in [-0.1, -0.05) is 12.1 Å². The Hall–Kier alpha value is -2.78. The number of hydrogen-bond acceptors (Lipinski definition) is 5. The summed E-state index contributed by atoms with van der Waals surface area (Å²) in [5.41, 5.74) is 3.66. The van der Waals surface area contributed by atoms with E-state index < -0.39 is 0 Å². The second kappa shape index (κ2) is 7.63. The number of hydrogen-bond donors (Lipinski definition) is 1. The fourth-order valence-corrected chi connectivity index (χ4v) is 3.21. The first kappa shape index (κ1) is 18.0. The Labute approximate surface area is 154 Å². The van der Waals surface area contributed by atoms with Crippen LogP contribution in [0.5, 0.6) is 0 Å². The molecule has 2 aromatic rings. The van der Waals surface area contributed by atoms with E-state index in [2.05, 4.69) is 52.4 Å². The first-order valence-corrected chi connectivity index (χ1v) is 8.82. The van der Waals surface area contributed by atoms with Crippen LogP contribution in [-0.4, -0.2) is 43.5 Å². The maximum absolute atomic E-state index is 12.3. The molecule has 1 amide bonds. The van der Waals surface area contributed by atoms with Crippen molar-refractivity contribution in [2.45, 2.75) is 20.8 Å². The number of carbonyl (C=O) groups is 1. The number of anilines is 2. The lowest BCUT2D eigenvalue weighted by molar-refractivity contribution is -0.117. The van der Waals surface area contributed by atoms with Gasteiger partial charge in [0.1, 0.15) is 17.4 Å². The largest absolute Gasteiger partial charge is 0.444 e. The minimum absolute atomic E-state index is 0.153. The lowest BCUT2D eigenvalue weighted by atomic mass is 10.2. The van der Waals surface area contributed by atoms with Gasteiger partial charge in [0, 0.05) is 37.4 Å². The maximum Gasteiger partial charge on any atom is 0.240 e. The number of piperazine rings is 1. The van der Waals surface area contributed by atoms with Crippen LogP contribution in [0.3, 0.4) is 0 Å². The van der Waals surface area contributed by atoms with Gasteiger partial charge in [-0.25, -0.2) is 0 Å². The predicted octanol–water partition coefficient (Wildman–Crippen LogP) is 2.84. The molecule has 0 aliphatic carbocycles. The van der Waals surface area contributed by atoms with Gasteiger partial charge in [-0.05, 0) is 38.5 Å². The molecule has 0 spiro atoms. The van der Waals surface area contributed by atoms with E-state index in [-0.39, 0.29) is 11.8 Å². The summed E-state index contributed by atoms with van der Waals surface area (Å²) in [7, 11) is 0. The highest BCUT2D eigenvalue weighted by Gasteiger charge is 2.21. The summed E-state index contributed by atoms with van der Waals surface area (Å²) in [5.74, 6) is 0.758. The summed E-state index contributed by atoms with van der Waals surface area (Å²) in [6.07, 6.45) is 0. The van der Waals surface area contributed by atoms with E-state index in [1.807, 2.05) is 6.92 Å². The first-order chi connectivity index (χ1) is 12.5. The highest BCUT2D eigenvalue weighted by atomic mass is 16.4. The van der Waals surface area contributed by atoms with Gasteiger partial charge in [-0.2, -0.15) is 5.26 Å². The molecule has 0 saturated carbocycles. The van der Waals surface area contributed by atoms with E-state index in [0.717, 1.165) is 31.7 Å². The first-order valence-electron chi connectivity index (χ1n) is 8.82. The molecule has 1 aromatic carbocycles. The third-order valence-corrected chi connectivity index (χ3v) is 4.86. The Morgan fingerprint density at radius 3 is 2.62 bits per heavy atom. The van der Waals surface area contributed by atoms with E-state index in [1.165, 1.54) is 11.3 Å². The Morgan fingerprint density at radius 1 is 1.23 bits per heavy atom. The van der Waals surface area contributed by atoms with Crippen LogP contribution in [0.15, 0.2) is 28.7 Å². The zero-order valence-corrected chi connectivity index (χ0v) is 15.5. The van der Waals surface area contributed by atoms with Gasteiger partial charge in [0.15, 0.2) is 0 Å². The molecule has 0 radical (unpaired) electrons. The van der Waals surface area contributed by atoms with Crippen LogP contribution >= 0.6 is 0 Å². The average molecular weight is 352 g/mol. The van der Waals surface area contributed by atoms with Crippen LogP contribution in [0.25, 0.3) is 0 Å². The van der Waals surface area contributed by atoms with Crippen molar-refractivity contribution in [3.8, 4) is 6.07 Å². The molecule has 1 N–H and O–H groups in total. The van der Waals surface area contributed by atoms with Crippen LogP contribution in [0.1, 0.15) is 22.5 Å². The smallest absolute Gasteiger partial charge is 0.240 e. The second-order valence-corrected chi connectivity index (χ2v) is 6.75. The van der Waals surface area contributed by atoms with Gasteiger partial charge in [0.25, 0.3) is 0 Å². The van der Waals surface area contributed by atoms with Crippen molar-refractivity contribution in [1.29, 1.82) is 5.26 Å². The quantitative estimate of drug-likeness (QED) is 0.916. The lowest BCUT2D eigenvalue weighted by Gasteiger charge is -2.35. The van der Waals surface area contributed by atoms with Crippen LogP contribution in [0.2, 0.25) is 0 Å². The standard InChI is InChI=1S/C20H24N4O2/c1-14-5-4-6-17(11-14)24-9-7-23(8-10-24)13-19(25)22-20-18(12-21)15(2)16(3)26-20/h4-6,11H,7-10,13H2,1-3H3,(H,22,25). The van der Waals surface area contributed by atoms with Crippen molar-refractivity contribution < 1.29 is 9.21 Å². The molecule has 3 rings (SSSR count). The van der Waals surface area contributed by atoms with E-state index in [1.54, 1.807) is 6.92 Å². The third-order valence-electron chi connectivity index (χ3n) is 4.86. The number of rotatable bonds is 4. The number of nitrogens with one attached hydrogen (secondary N) is 1. The average Bonchev–Trinajstić information content (AvgIpc) is 2.88. The van der Waals surface area contributed by atoms with Gasteiger partial charge < -0.3 is 9.32 Å². The number of aryl methyl sites for hydroxylation is 2. The molecule has 0 unspecified atom stereocenters. The summed E-state index contributed by atoms with van der Waals surface area (Å²) in [6.45, 7) is 9.42. The van der Waals surface area contributed by atoms with E-state index in [9.17, 15) is 10.1 Å². The third kappa shape index (κ3) is 3.89. The molecule has 1 aliphatic heterocycles. The molecule has 2 heterocycles. The summed E-state index contributed by atoms with van der Waals surface area (Å²) >= 11 is 0. The van der Waals surface area contributed by atoms with Gasteiger partial charge in [0.05, 0.1) is 6.54 Å². The van der Waals surface area contributed by atoms with Gasteiger partial charge in [-0.15, -0.1) is 0 Å².